The average Bonchev–Trinajstić information content (AvgIpc) is 3.59. The summed E-state index contributed by atoms with van der Waals surface area (Å²) in [6.45, 7) is 8.05. The van der Waals surface area contributed by atoms with Crippen LogP contribution in [0.4, 0.5) is 30.4 Å². The fraction of sp³-hybridized carbons (Fsp3) is 0.382. The Hall–Kier alpha value is -4.78. The Morgan fingerprint density at radius 2 is 1.91 bits per heavy atom. The van der Waals surface area contributed by atoms with Crippen molar-refractivity contribution in [2.24, 2.45) is 0 Å². The molecule has 0 N–H and O–H groups in total. The predicted octanol–water partition coefficient (Wildman–Crippen LogP) is 5.12. The van der Waals surface area contributed by atoms with Gasteiger partial charge in [-0.15, -0.1) is 0 Å². The Morgan fingerprint density at radius 3 is 2.60 bits per heavy atom. The van der Waals surface area contributed by atoms with E-state index in [9.17, 15) is 27.6 Å². The third-order valence-corrected chi connectivity index (χ3v) is 8.59. The van der Waals surface area contributed by atoms with E-state index in [-0.39, 0.29) is 36.3 Å². The van der Waals surface area contributed by atoms with E-state index in [0.717, 1.165) is 45.1 Å². The first-order valence-corrected chi connectivity index (χ1v) is 15.1. The Morgan fingerprint density at radius 1 is 1.17 bits per heavy atom. The molecule has 1 aromatic carbocycles. The molecule has 3 amide bonds. The lowest BCUT2D eigenvalue weighted by Gasteiger charge is -2.32. The molecule has 2 aromatic heterocycles. The van der Waals surface area contributed by atoms with Gasteiger partial charge in [-0.25, -0.2) is 4.98 Å². The van der Waals surface area contributed by atoms with Gasteiger partial charge in [0.2, 0.25) is 17.7 Å². The van der Waals surface area contributed by atoms with Gasteiger partial charge in [-0.3, -0.25) is 24.3 Å². The van der Waals surface area contributed by atoms with Crippen molar-refractivity contribution in [1.29, 1.82) is 0 Å². The van der Waals surface area contributed by atoms with Crippen LogP contribution >= 0.6 is 0 Å². The monoisotopic (exact) mass is 650 g/mol. The quantitative estimate of drug-likeness (QED) is 0.297. The number of para-hydroxylation sites is 1. The largest absolute Gasteiger partial charge is 0.416 e. The summed E-state index contributed by atoms with van der Waals surface area (Å²) in [5.74, 6) is -1.31. The summed E-state index contributed by atoms with van der Waals surface area (Å²) >= 11 is 0. The molecule has 5 rings (SSSR count). The minimum atomic E-state index is -4.63. The molecule has 0 spiro atoms. The number of aromatic nitrogens is 2. The maximum absolute atomic E-state index is 14.0. The van der Waals surface area contributed by atoms with E-state index in [1.165, 1.54) is 17.9 Å². The molecule has 47 heavy (non-hydrogen) atoms. The van der Waals surface area contributed by atoms with Gasteiger partial charge in [-0.1, -0.05) is 18.7 Å². The second kappa shape index (κ2) is 13.1. The SMILES string of the molecule is C=CC(=O)N1Cc2cc(CN(C)c3c(C)cccc3N(C)C(=O)[C@@H]3CCC(=O)N3c3cc(C(F)(F)F)cc(C)n3)cnc2C1COC. The van der Waals surface area contributed by atoms with Crippen molar-refractivity contribution in [3.8, 4) is 0 Å². The number of methoxy groups -OCH3 is 1. The number of hydrogen-bond donors (Lipinski definition) is 0. The number of nitrogens with zero attached hydrogens (tertiary/aromatic N) is 6. The van der Waals surface area contributed by atoms with Crippen LogP contribution in [-0.2, 0) is 38.4 Å². The number of halogens is 3. The molecule has 0 aliphatic carbocycles. The molecule has 0 bridgehead atoms. The Kier molecular flexibility index (Phi) is 9.39. The number of pyridine rings is 2. The zero-order chi connectivity index (χ0) is 34.2. The molecule has 2 aliphatic heterocycles. The summed E-state index contributed by atoms with van der Waals surface area (Å²) in [5.41, 5.74) is 3.94. The van der Waals surface area contributed by atoms with Gasteiger partial charge in [-0.05, 0) is 67.3 Å². The van der Waals surface area contributed by atoms with Crippen LogP contribution in [0.5, 0.6) is 0 Å². The van der Waals surface area contributed by atoms with Crippen LogP contribution in [0.15, 0.2) is 55.3 Å². The predicted molar refractivity (Wildman–Crippen MR) is 171 cm³/mol. The summed E-state index contributed by atoms with van der Waals surface area (Å²) in [6.07, 6.45) is -1.44. The van der Waals surface area contributed by atoms with Gasteiger partial charge < -0.3 is 19.4 Å². The third kappa shape index (κ3) is 6.57. The van der Waals surface area contributed by atoms with Crippen LogP contribution in [0.2, 0.25) is 0 Å². The number of likely N-dealkylation sites (N-methyl/N-ethyl adjacent to an activating group) is 1. The van der Waals surface area contributed by atoms with E-state index < -0.39 is 29.6 Å². The molecule has 1 unspecified atom stereocenters. The van der Waals surface area contributed by atoms with Crippen LogP contribution in [0.3, 0.4) is 0 Å². The molecule has 1 saturated heterocycles. The highest BCUT2D eigenvalue weighted by molar-refractivity contribution is 6.09. The van der Waals surface area contributed by atoms with Crippen LogP contribution < -0.4 is 14.7 Å². The Labute approximate surface area is 271 Å². The molecule has 2 aliphatic rings. The van der Waals surface area contributed by atoms with Crippen LogP contribution in [0, 0.1) is 13.8 Å². The molecule has 10 nitrogen and oxygen atoms in total. The van der Waals surface area contributed by atoms with Crippen molar-refractivity contribution in [3.63, 3.8) is 0 Å². The molecule has 2 atom stereocenters. The zero-order valence-corrected chi connectivity index (χ0v) is 27.0. The van der Waals surface area contributed by atoms with Crippen LogP contribution in [-0.4, -0.2) is 66.4 Å². The van der Waals surface area contributed by atoms with Gasteiger partial charge in [0.05, 0.1) is 35.3 Å². The van der Waals surface area contributed by atoms with Crippen LogP contribution in [0.1, 0.15) is 52.5 Å². The van der Waals surface area contributed by atoms with Crippen molar-refractivity contribution < 1.29 is 32.3 Å². The van der Waals surface area contributed by atoms with Gasteiger partial charge in [0.1, 0.15) is 11.9 Å². The topological polar surface area (TPSA) is 99.2 Å². The fourth-order valence-corrected chi connectivity index (χ4v) is 6.45. The molecule has 248 valence electrons. The number of aryl methyl sites for hydroxylation is 2. The maximum Gasteiger partial charge on any atom is 0.416 e. The first kappa shape index (κ1) is 33.6. The van der Waals surface area contributed by atoms with Gasteiger partial charge in [0.15, 0.2) is 0 Å². The lowest BCUT2D eigenvalue weighted by atomic mass is 10.1. The second-order valence-corrected chi connectivity index (χ2v) is 11.9. The molecule has 13 heteroatoms. The molecule has 3 aromatic rings. The third-order valence-electron chi connectivity index (χ3n) is 8.59. The van der Waals surface area contributed by atoms with E-state index >= 15 is 0 Å². The summed E-state index contributed by atoms with van der Waals surface area (Å²) in [7, 11) is 5.06. The number of benzene rings is 1. The summed E-state index contributed by atoms with van der Waals surface area (Å²) < 4.78 is 46.1. The number of fused-ring (bicyclic) bond motifs is 1. The van der Waals surface area contributed by atoms with Crippen molar-refractivity contribution in [2.45, 2.75) is 58.0 Å². The number of rotatable bonds is 9. The molecule has 0 saturated carbocycles. The number of carbonyl (C=O) groups is 3. The second-order valence-electron chi connectivity index (χ2n) is 11.9. The molecule has 4 heterocycles. The van der Waals surface area contributed by atoms with Crippen molar-refractivity contribution in [3.05, 3.63) is 88.9 Å². The highest BCUT2D eigenvalue weighted by atomic mass is 19.4. The van der Waals surface area contributed by atoms with Crippen molar-refractivity contribution in [1.82, 2.24) is 14.9 Å². The number of amides is 3. The van der Waals surface area contributed by atoms with E-state index in [1.54, 1.807) is 31.3 Å². The van der Waals surface area contributed by atoms with Gasteiger partial charge in [-0.2, -0.15) is 13.2 Å². The molecule has 0 radical (unpaired) electrons. The smallest absolute Gasteiger partial charge is 0.382 e. The van der Waals surface area contributed by atoms with E-state index in [2.05, 4.69) is 11.6 Å². The van der Waals surface area contributed by atoms with E-state index in [1.807, 2.05) is 37.1 Å². The first-order chi connectivity index (χ1) is 22.2. The Balaban J connectivity index is 1.41. The number of alkyl halides is 3. The van der Waals surface area contributed by atoms with E-state index in [0.29, 0.717) is 25.4 Å². The van der Waals surface area contributed by atoms with Gasteiger partial charge in [0.25, 0.3) is 0 Å². The average molecular weight is 651 g/mol. The van der Waals surface area contributed by atoms with Crippen molar-refractivity contribution >= 4 is 34.9 Å². The molecular weight excluding hydrogens is 613 g/mol. The maximum atomic E-state index is 14.0. The summed E-state index contributed by atoms with van der Waals surface area (Å²) in [5, 5.41) is 0. The lowest BCUT2D eigenvalue weighted by molar-refractivity contribution is -0.137. The summed E-state index contributed by atoms with van der Waals surface area (Å²) in [4.78, 5) is 54.6. The Bertz CT molecular complexity index is 1730. The number of carbonyl (C=O) groups excluding carboxylic acids is 3. The minimum Gasteiger partial charge on any atom is -0.382 e. The minimum absolute atomic E-state index is 0.00812. The first-order valence-electron chi connectivity index (χ1n) is 15.1. The highest BCUT2D eigenvalue weighted by Crippen LogP contribution is 2.38. The number of hydrogen-bond acceptors (Lipinski definition) is 7. The highest BCUT2D eigenvalue weighted by Gasteiger charge is 2.41. The summed E-state index contributed by atoms with van der Waals surface area (Å²) in [6, 6.07) is 7.93. The number of ether oxygens (including phenoxy) is 1. The molecule has 1 fully saturated rings. The van der Waals surface area contributed by atoms with Gasteiger partial charge >= 0.3 is 6.18 Å². The molecular formula is C34H37F3N6O4. The van der Waals surface area contributed by atoms with E-state index in [4.69, 9.17) is 9.72 Å². The fourth-order valence-electron chi connectivity index (χ4n) is 6.45. The standard InChI is InChI=1S/C34H37F3N6O4/c1-7-29(44)42-18-23-14-22(16-38-31(23)27(42)19-47-6)17-40(4)32-20(2)9-8-10-25(32)41(5)33(46)26-11-12-30(45)43(26)28-15-24(34(35,36)37)13-21(3)39-28/h7-10,13-16,26-27H,1,11-12,17-19H2,2-6H3/t26-,27?/m0/s1. The lowest BCUT2D eigenvalue weighted by Crippen LogP contribution is -2.46. The zero-order valence-electron chi connectivity index (χ0n) is 27.0. The number of anilines is 3. The normalized spacial score (nSPS) is 17.6. The van der Waals surface area contributed by atoms with Crippen molar-refractivity contribution in [2.75, 3.05) is 42.5 Å². The van der Waals surface area contributed by atoms with Crippen LogP contribution in [0.25, 0.3) is 0 Å². The van der Waals surface area contributed by atoms with Gasteiger partial charge in [0, 0.05) is 52.6 Å².